The van der Waals surface area contributed by atoms with Gasteiger partial charge in [-0.05, 0) is 17.7 Å². The summed E-state index contributed by atoms with van der Waals surface area (Å²) in [4.78, 5) is 29.1. The van der Waals surface area contributed by atoms with E-state index in [1.165, 1.54) is 6.42 Å². The number of nitrogens with zero attached hydrogens (tertiary/aromatic N) is 1. The van der Waals surface area contributed by atoms with Crippen LogP contribution in [0.2, 0.25) is 0 Å². The summed E-state index contributed by atoms with van der Waals surface area (Å²) < 4.78 is 5.31. The first-order chi connectivity index (χ1) is 14.1. The summed E-state index contributed by atoms with van der Waals surface area (Å²) in [6.45, 7) is 19.1. The van der Waals surface area contributed by atoms with Gasteiger partial charge >= 0.3 is 0 Å². The van der Waals surface area contributed by atoms with Gasteiger partial charge in [0.1, 0.15) is 25.2 Å². The van der Waals surface area contributed by atoms with Crippen molar-refractivity contribution in [3.63, 3.8) is 0 Å². The third-order valence-corrected chi connectivity index (χ3v) is 2.30. The van der Waals surface area contributed by atoms with Crippen molar-refractivity contribution in [1.82, 2.24) is 5.43 Å². The highest BCUT2D eigenvalue weighted by Gasteiger charge is 2.15. The highest BCUT2D eigenvalue weighted by Crippen LogP contribution is 2.13. The molecule has 172 valence electrons. The number of benzene rings is 1. The van der Waals surface area contributed by atoms with Crippen molar-refractivity contribution in [3.05, 3.63) is 34.7 Å². The number of nitroso groups, excluding NO2 is 1. The molecule has 0 unspecified atom stereocenters. The molecule has 1 rings (SSSR count). The van der Waals surface area contributed by atoms with Crippen LogP contribution in [0.1, 0.15) is 67.4 Å². The number of rotatable bonds is 8. The van der Waals surface area contributed by atoms with Gasteiger partial charge in [-0.2, -0.15) is 0 Å². The lowest BCUT2D eigenvalue weighted by molar-refractivity contribution is -0.120. The number of primary amides is 1. The molecule has 1 aromatic carbocycles. The Bertz CT molecular complexity index is 429. The van der Waals surface area contributed by atoms with Gasteiger partial charge in [0.15, 0.2) is 0 Å². The molecule has 1 amide bonds. The first-order valence-corrected chi connectivity index (χ1v) is 10.2. The fraction of sp³-hybridized carbons (Fsp3) is 0.619. The van der Waals surface area contributed by atoms with E-state index in [0.29, 0.717) is 18.9 Å². The Labute approximate surface area is 177 Å². The lowest BCUT2D eigenvalue weighted by Gasteiger charge is -2.11. The summed E-state index contributed by atoms with van der Waals surface area (Å²) in [5, 5.41) is 2.47. The van der Waals surface area contributed by atoms with Crippen molar-refractivity contribution >= 4 is 12.7 Å². The lowest BCUT2D eigenvalue weighted by atomic mass is 10.1. The molecule has 0 radical (unpaired) electrons. The minimum absolute atomic E-state index is 0.290. The number of hydrogen-bond acceptors (Lipinski definition) is 6. The molecule has 5 N–H and O–H groups in total. The predicted octanol–water partition coefficient (Wildman–Crippen LogP) is 4.00. The average Bonchev–Trinajstić information content (AvgIpc) is 2.79. The molecule has 0 bridgehead atoms. The van der Waals surface area contributed by atoms with Crippen molar-refractivity contribution in [3.8, 4) is 5.75 Å². The topological polar surface area (TPSA) is 137 Å². The Morgan fingerprint density at radius 2 is 1.48 bits per heavy atom. The van der Waals surface area contributed by atoms with Crippen LogP contribution in [0.25, 0.3) is 0 Å². The molecule has 0 saturated heterocycles. The minimum atomic E-state index is -0.807. The molecule has 1 atom stereocenters. The highest BCUT2D eigenvalue weighted by atomic mass is 16.5. The van der Waals surface area contributed by atoms with E-state index >= 15 is 0 Å². The van der Waals surface area contributed by atoms with Crippen LogP contribution in [0.5, 0.6) is 5.75 Å². The molecule has 0 aliphatic carbocycles. The van der Waals surface area contributed by atoms with Gasteiger partial charge in [0, 0.05) is 13.0 Å². The Morgan fingerprint density at radius 3 is 1.79 bits per heavy atom. The maximum absolute atomic E-state index is 11.0. The van der Waals surface area contributed by atoms with E-state index in [2.05, 4.69) is 24.6 Å². The lowest BCUT2D eigenvalue weighted by Crippen LogP contribution is -2.40. The maximum atomic E-state index is 11.0. The summed E-state index contributed by atoms with van der Waals surface area (Å²) in [5.41, 5.74) is 13.4. The van der Waals surface area contributed by atoms with Gasteiger partial charge in [-0.3, -0.25) is 10.2 Å². The average molecular weight is 417 g/mol. The molecule has 8 heteroatoms. The smallest absolute Gasteiger partial charge is 0.242 e. The largest absolute Gasteiger partial charge is 0.492 e. The Kier molecular flexibility index (Phi) is 46.9. The number of ether oxygens (including phenoxy) is 1. The van der Waals surface area contributed by atoms with Gasteiger partial charge in [-0.15, -0.1) is 4.91 Å². The number of carbonyl (C=O) groups excluding carboxylic acids is 2. The fourth-order valence-electron chi connectivity index (χ4n) is 1.41. The van der Waals surface area contributed by atoms with E-state index in [9.17, 15) is 9.70 Å². The summed E-state index contributed by atoms with van der Waals surface area (Å²) in [7, 11) is 0. The second-order valence-electron chi connectivity index (χ2n) is 4.37. The maximum Gasteiger partial charge on any atom is 0.242 e. The second kappa shape index (κ2) is 36.4. The second-order valence-corrected chi connectivity index (χ2v) is 4.37. The quantitative estimate of drug-likeness (QED) is 0.432. The number of amides is 1. The van der Waals surface area contributed by atoms with Gasteiger partial charge in [-0.1, -0.05) is 73.9 Å². The number of nitrogens with one attached hydrogen (secondary N) is 1. The van der Waals surface area contributed by atoms with Crippen molar-refractivity contribution in [2.24, 2.45) is 16.8 Å². The summed E-state index contributed by atoms with van der Waals surface area (Å²) in [6, 6.07) is 6.29. The van der Waals surface area contributed by atoms with Crippen LogP contribution < -0.4 is 21.6 Å². The normalized spacial score (nSPS) is 8.59. The van der Waals surface area contributed by atoms with E-state index in [-0.39, 0.29) is 6.42 Å². The van der Waals surface area contributed by atoms with Crippen molar-refractivity contribution in [2.75, 3.05) is 13.2 Å². The fourth-order valence-corrected chi connectivity index (χ4v) is 1.41. The molecule has 0 spiro atoms. The van der Waals surface area contributed by atoms with Crippen LogP contribution >= 0.6 is 0 Å². The zero-order valence-corrected chi connectivity index (χ0v) is 19.7. The Morgan fingerprint density at radius 1 is 1.07 bits per heavy atom. The molecule has 0 aliphatic rings. The van der Waals surface area contributed by atoms with Crippen LogP contribution in [-0.2, 0) is 16.0 Å². The predicted molar refractivity (Wildman–Crippen MR) is 124 cm³/mol. The van der Waals surface area contributed by atoms with E-state index in [0.717, 1.165) is 5.56 Å². The number of nitrogens with two attached hydrogens (primary N) is 2. The molecule has 0 heterocycles. The van der Waals surface area contributed by atoms with E-state index in [4.69, 9.17) is 21.0 Å². The Balaban J connectivity index is -0.000000149. The minimum Gasteiger partial charge on any atom is -0.492 e. The van der Waals surface area contributed by atoms with Gasteiger partial charge in [0.2, 0.25) is 5.91 Å². The standard InChI is InChI=1S/C11H16N4O3.C3H8.3C2H6.CH2O/c12-5-6-18-9-3-1-8(2-4-9)7-10(11(13)16)14-15-17;1-3-2;4*1-2/h1-4,10H,5-7,12H2,(H2,13,16)(H,14,17);3H2,1-2H3;3*1-2H3;1H2/t10-;;;;;/m0...../s1. The molecular formula is C21H44N4O4. The first kappa shape index (κ1) is 37.3. The summed E-state index contributed by atoms with van der Waals surface area (Å²) >= 11 is 0. The molecule has 0 fully saturated rings. The first-order valence-electron chi connectivity index (χ1n) is 10.2. The van der Waals surface area contributed by atoms with Gasteiger partial charge in [0.25, 0.3) is 0 Å². The van der Waals surface area contributed by atoms with E-state index in [1.54, 1.807) is 24.3 Å². The van der Waals surface area contributed by atoms with Crippen LogP contribution in [0.15, 0.2) is 29.6 Å². The third-order valence-electron chi connectivity index (χ3n) is 2.30. The van der Waals surface area contributed by atoms with E-state index < -0.39 is 11.9 Å². The third kappa shape index (κ3) is 27.8. The molecular weight excluding hydrogens is 372 g/mol. The Hall–Kier alpha value is -2.48. The van der Waals surface area contributed by atoms with Crippen LogP contribution in [0, 0.1) is 4.91 Å². The van der Waals surface area contributed by atoms with Crippen molar-refractivity contribution < 1.29 is 14.3 Å². The molecule has 1 aromatic rings. The molecule has 0 aliphatic heterocycles. The van der Waals surface area contributed by atoms with Crippen molar-refractivity contribution in [1.29, 1.82) is 0 Å². The molecule has 0 aromatic heterocycles. The summed E-state index contributed by atoms with van der Waals surface area (Å²) in [5.74, 6) is 0.0688. The molecule has 29 heavy (non-hydrogen) atoms. The van der Waals surface area contributed by atoms with Crippen molar-refractivity contribution in [2.45, 2.75) is 74.3 Å². The number of hydrogen-bond donors (Lipinski definition) is 3. The van der Waals surface area contributed by atoms with Crippen LogP contribution in [0.3, 0.4) is 0 Å². The zero-order valence-electron chi connectivity index (χ0n) is 19.7. The number of carbonyl (C=O) groups is 2. The monoisotopic (exact) mass is 416 g/mol. The zero-order chi connectivity index (χ0) is 24.1. The van der Waals surface area contributed by atoms with Gasteiger partial charge in [0.05, 0.1) is 5.29 Å². The SMILES string of the molecule is C=O.CC.CC.CC.CCC.NCCOc1ccc(C[C@H](NN=O)C(N)=O)cc1. The van der Waals surface area contributed by atoms with E-state index in [1.807, 2.05) is 48.3 Å². The highest BCUT2D eigenvalue weighted by molar-refractivity contribution is 5.80. The van der Waals surface area contributed by atoms with Gasteiger partial charge < -0.3 is 21.0 Å². The molecule has 8 nitrogen and oxygen atoms in total. The van der Waals surface area contributed by atoms with Crippen LogP contribution in [0.4, 0.5) is 0 Å². The summed E-state index contributed by atoms with van der Waals surface area (Å²) in [6.07, 6.45) is 1.54. The van der Waals surface area contributed by atoms with Gasteiger partial charge in [-0.25, -0.2) is 0 Å². The molecule has 0 saturated carbocycles. The van der Waals surface area contributed by atoms with Crippen LogP contribution in [-0.4, -0.2) is 31.9 Å².